The van der Waals surface area contributed by atoms with Crippen LogP contribution in [-0.4, -0.2) is 54.3 Å². The fourth-order valence-corrected chi connectivity index (χ4v) is 3.14. The molecular formula is C16H31N3O2. The van der Waals surface area contributed by atoms with Crippen molar-refractivity contribution in [3.63, 3.8) is 0 Å². The molecule has 0 aromatic carbocycles. The molecule has 0 spiro atoms. The van der Waals surface area contributed by atoms with E-state index < -0.39 is 0 Å². The zero-order valence-corrected chi connectivity index (χ0v) is 13.6. The summed E-state index contributed by atoms with van der Waals surface area (Å²) in [6.07, 6.45) is 7.63. The number of rotatable bonds is 9. The molecule has 122 valence electrons. The molecule has 21 heavy (non-hydrogen) atoms. The Bertz CT molecular complexity index is 323. The van der Waals surface area contributed by atoms with Gasteiger partial charge in [-0.2, -0.15) is 0 Å². The molecule has 1 rings (SSSR count). The minimum atomic E-state index is -0.356. The number of hydrogen-bond donors (Lipinski definition) is 1. The highest BCUT2D eigenvalue weighted by atomic mass is 16.2. The minimum Gasteiger partial charge on any atom is -0.369 e. The summed E-state index contributed by atoms with van der Waals surface area (Å²) in [5.74, 6) is 0.480. The maximum Gasteiger partial charge on any atom is 0.236 e. The normalized spacial score (nSPS) is 16.1. The quantitative estimate of drug-likeness (QED) is 0.703. The van der Waals surface area contributed by atoms with E-state index in [4.69, 9.17) is 5.73 Å². The summed E-state index contributed by atoms with van der Waals surface area (Å²) in [6.45, 7) is 6.64. The second-order valence-corrected chi connectivity index (χ2v) is 6.04. The summed E-state index contributed by atoms with van der Waals surface area (Å²) in [5, 5.41) is 0. The van der Waals surface area contributed by atoms with E-state index >= 15 is 0 Å². The smallest absolute Gasteiger partial charge is 0.236 e. The van der Waals surface area contributed by atoms with Crippen molar-refractivity contribution in [1.29, 1.82) is 0 Å². The van der Waals surface area contributed by atoms with E-state index in [0.29, 0.717) is 19.6 Å². The zero-order chi connectivity index (χ0) is 15.7. The Morgan fingerprint density at radius 1 is 1.05 bits per heavy atom. The molecule has 0 aromatic rings. The predicted molar refractivity (Wildman–Crippen MR) is 84.8 cm³/mol. The first-order valence-corrected chi connectivity index (χ1v) is 8.35. The van der Waals surface area contributed by atoms with Crippen molar-refractivity contribution in [2.45, 2.75) is 52.4 Å². The summed E-state index contributed by atoms with van der Waals surface area (Å²) >= 11 is 0. The first-order valence-electron chi connectivity index (χ1n) is 8.35. The molecule has 1 aliphatic rings. The van der Waals surface area contributed by atoms with Crippen molar-refractivity contribution >= 4 is 11.8 Å². The third-order valence-electron chi connectivity index (χ3n) is 4.43. The highest BCUT2D eigenvalue weighted by Crippen LogP contribution is 2.26. The molecule has 5 heteroatoms. The molecule has 0 aromatic heterocycles. The molecule has 0 atom stereocenters. The van der Waals surface area contributed by atoms with Gasteiger partial charge in [0, 0.05) is 13.1 Å². The van der Waals surface area contributed by atoms with Gasteiger partial charge in [0.2, 0.25) is 11.8 Å². The molecule has 0 unspecified atom stereocenters. The van der Waals surface area contributed by atoms with E-state index in [-0.39, 0.29) is 18.4 Å². The van der Waals surface area contributed by atoms with E-state index in [9.17, 15) is 9.59 Å². The van der Waals surface area contributed by atoms with Crippen LogP contribution in [0.5, 0.6) is 0 Å². The van der Waals surface area contributed by atoms with Crippen LogP contribution in [0.15, 0.2) is 0 Å². The van der Waals surface area contributed by atoms with Crippen molar-refractivity contribution < 1.29 is 9.59 Å². The Balaban J connectivity index is 2.46. The van der Waals surface area contributed by atoms with Gasteiger partial charge in [-0.3, -0.25) is 14.5 Å². The maximum atomic E-state index is 12.2. The fraction of sp³-hybridized carbons (Fsp3) is 0.875. The van der Waals surface area contributed by atoms with Crippen LogP contribution in [0.4, 0.5) is 0 Å². The molecule has 1 saturated carbocycles. The van der Waals surface area contributed by atoms with Crippen LogP contribution >= 0.6 is 0 Å². The predicted octanol–water partition coefficient (Wildman–Crippen LogP) is 1.61. The van der Waals surface area contributed by atoms with Crippen LogP contribution in [0.2, 0.25) is 0 Å². The monoisotopic (exact) mass is 297 g/mol. The first kappa shape index (κ1) is 18.0. The largest absolute Gasteiger partial charge is 0.369 e. The summed E-state index contributed by atoms with van der Waals surface area (Å²) in [5.41, 5.74) is 5.31. The van der Waals surface area contributed by atoms with E-state index in [1.54, 1.807) is 4.90 Å². The minimum absolute atomic E-state index is 0.0879. The average Bonchev–Trinajstić information content (AvgIpc) is 2.46. The fourth-order valence-electron chi connectivity index (χ4n) is 3.14. The highest BCUT2D eigenvalue weighted by Gasteiger charge is 2.19. The van der Waals surface area contributed by atoms with E-state index in [1.165, 1.54) is 32.1 Å². The van der Waals surface area contributed by atoms with Gasteiger partial charge in [-0.1, -0.05) is 32.1 Å². The number of amides is 2. The topological polar surface area (TPSA) is 66.6 Å². The van der Waals surface area contributed by atoms with Crippen molar-refractivity contribution in [2.24, 2.45) is 11.7 Å². The first-order chi connectivity index (χ1) is 10.1. The van der Waals surface area contributed by atoms with Crippen molar-refractivity contribution in [2.75, 3.05) is 32.7 Å². The second kappa shape index (κ2) is 9.77. The van der Waals surface area contributed by atoms with E-state index in [0.717, 1.165) is 18.9 Å². The number of nitrogens with zero attached hydrogens (tertiary/aromatic N) is 2. The Hall–Kier alpha value is -1.10. The summed E-state index contributed by atoms with van der Waals surface area (Å²) in [6, 6.07) is 0. The molecule has 0 saturated heterocycles. The van der Waals surface area contributed by atoms with Gasteiger partial charge in [0.25, 0.3) is 0 Å². The van der Waals surface area contributed by atoms with E-state index in [1.807, 2.05) is 18.7 Å². The van der Waals surface area contributed by atoms with Gasteiger partial charge in [0.1, 0.15) is 0 Å². The lowest BCUT2D eigenvalue weighted by Crippen LogP contribution is -2.44. The van der Waals surface area contributed by atoms with Gasteiger partial charge in [0.05, 0.1) is 13.1 Å². The Morgan fingerprint density at radius 3 is 2.19 bits per heavy atom. The third kappa shape index (κ3) is 6.93. The number of carbonyl (C=O) groups is 2. The molecule has 0 radical (unpaired) electrons. The van der Waals surface area contributed by atoms with Crippen LogP contribution in [0.1, 0.15) is 52.4 Å². The van der Waals surface area contributed by atoms with Crippen molar-refractivity contribution in [1.82, 2.24) is 9.80 Å². The van der Waals surface area contributed by atoms with Gasteiger partial charge in [-0.15, -0.1) is 0 Å². The number of carbonyl (C=O) groups excluding carboxylic acids is 2. The molecule has 0 aliphatic heterocycles. The standard InChI is InChI=1S/C16H31N3O2/c1-3-19(4-2)16(21)13-18(12-15(17)20)11-10-14-8-6-5-7-9-14/h14H,3-13H2,1-2H3,(H2,17,20). The third-order valence-corrected chi connectivity index (χ3v) is 4.43. The lowest BCUT2D eigenvalue weighted by molar-refractivity contribution is -0.132. The van der Waals surface area contributed by atoms with E-state index in [2.05, 4.69) is 0 Å². The van der Waals surface area contributed by atoms with Crippen LogP contribution in [-0.2, 0) is 9.59 Å². The summed E-state index contributed by atoms with van der Waals surface area (Å²) < 4.78 is 0. The number of likely N-dealkylation sites (N-methyl/N-ethyl adjacent to an activating group) is 1. The molecule has 0 heterocycles. The molecule has 0 bridgehead atoms. The van der Waals surface area contributed by atoms with Gasteiger partial charge in [-0.05, 0) is 32.7 Å². The van der Waals surface area contributed by atoms with Crippen LogP contribution in [0.25, 0.3) is 0 Å². The lowest BCUT2D eigenvalue weighted by atomic mass is 9.87. The zero-order valence-electron chi connectivity index (χ0n) is 13.6. The SMILES string of the molecule is CCN(CC)C(=O)CN(CCC1CCCCC1)CC(N)=O. The van der Waals surface area contributed by atoms with Gasteiger partial charge in [0.15, 0.2) is 0 Å². The Labute approximate surface area is 128 Å². The van der Waals surface area contributed by atoms with Gasteiger partial charge in [-0.25, -0.2) is 0 Å². The van der Waals surface area contributed by atoms with Crippen molar-refractivity contribution in [3.05, 3.63) is 0 Å². The number of nitrogens with two attached hydrogens (primary N) is 1. The van der Waals surface area contributed by atoms with Crippen LogP contribution in [0, 0.1) is 5.92 Å². The second-order valence-electron chi connectivity index (χ2n) is 6.04. The molecule has 2 amide bonds. The molecular weight excluding hydrogens is 266 g/mol. The molecule has 1 fully saturated rings. The van der Waals surface area contributed by atoms with Gasteiger partial charge >= 0.3 is 0 Å². The van der Waals surface area contributed by atoms with Crippen molar-refractivity contribution in [3.8, 4) is 0 Å². The summed E-state index contributed by atoms with van der Waals surface area (Å²) in [7, 11) is 0. The molecule has 5 nitrogen and oxygen atoms in total. The molecule has 1 aliphatic carbocycles. The number of hydrogen-bond acceptors (Lipinski definition) is 3. The van der Waals surface area contributed by atoms with Crippen LogP contribution < -0.4 is 5.73 Å². The number of primary amides is 1. The van der Waals surface area contributed by atoms with Gasteiger partial charge < -0.3 is 10.6 Å². The Morgan fingerprint density at radius 2 is 1.67 bits per heavy atom. The maximum absolute atomic E-state index is 12.2. The molecule has 2 N–H and O–H groups in total. The highest BCUT2D eigenvalue weighted by molar-refractivity contribution is 5.80. The summed E-state index contributed by atoms with van der Waals surface area (Å²) in [4.78, 5) is 27.1. The average molecular weight is 297 g/mol. The lowest BCUT2D eigenvalue weighted by Gasteiger charge is -2.28. The Kier molecular flexibility index (Phi) is 8.35. The van der Waals surface area contributed by atoms with Crippen LogP contribution in [0.3, 0.4) is 0 Å².